The summed E-state index contributed by atoms with van der Waals surface area (Å²) in [4.78, 5) is 12.2. The van der Waals surface area contributed by atoms with Crippen molar-refractivity contribution in [3.8, 4) is 0 Å². The molecular formula is C13H22O. The molecule has 0 aromatic rings. The largest absolute Gasteiger partial charge is 0.299 e. The molecule has 0 saturated heterocycles. The van der Waals surface area contributed by atoms with Gasteiger partial charge in [-0.2, -0.15) is 0 Å². The number of fused-ring (bicyclic) bond motifs is 1. The molecule has 14 heavy (non-hydrogen) atoms. The highest BCUT2D eigenvalue weighted by Gasteiger charge is 2.53. The van der Waals surface area contributed by atoms with Crippen molar-refractivity contribution >= 4 is 5.78 Å². The average Bonchev–Trinajstić information content (AvgIpc) is 2.36. The van der Waals surface area contributed by atoms with Crippen molar-refractivity contribution in [2.45, 2.75) is 52.9 Å². The van der Waals surface area contributed by atoms with Gasteiger partial charge in [-0.15, -0.1) is 0 Å². The summed E-state index contributed by atoms with van der Waals surface area (Å²) in [5.74, 6) is 2.04. The Balaban J connectivity index is 2.29. The van der Waals surface area contributed by atoms with Gasteiger partial charge in [0.15, 0.2) is 0 Å². The number of carbonyl (C=O) groups is 1. The molecular weight excluding hydrogens is 172 g/mol. The van der Waals surface area contributed by atoms with Crippen molar-refractivity contribution < 1.29 is 4.79 Å². The minimum atomic E-state index is 0.275. The summed E-state index contributed by atoms with van der Waals surface area (Å²) >= 11 is 0. The molecule has 2 aliphatic carbocycles. The van der Waals surface area contributed by atoms with Crippen LogP contribution in [0.15, 0.2) is 0 Å². The third-order valence-corrected chi connectivity index (χ3v) is 4.74. The number of rotatable bonds is 1. The van der Waals surface area contributed by atoms with E-state index in [0.29, 0.717) is 23.5 Å². The maximum atomic E-state index is 12.2. The van der Waals surface area contributed by atoms with Crippen LogP contribution in [0.3, 0.4) is 0 Å². The third kappa shape index (κ3) is 1.24. The van der Waals surface area contributed by atoms with Gasteiger partial charge in [0.1, 0.15) is 5.78 Å². The van der Waals surface area contributed by atoms with Gasteiger partial charge in [-0.3, -0.25) is 4.79 Å². The molecule has 2 aliphatic rings. The van der Waals surface area contributed by atoms with Gasteiger partial charge >= 0.3 is 0 Å². The number of carbonyl (C=O) groups excluding carboxylic acids is 1. The Morgan fingerprint density at radius 3 is 2.50 bits per heavy atom. The van der Waals surface area contributed by atoms with E-state index in [0.717, 1.165) is 6.42 Å². The topological polar surface area (TPSA) is 17.1 Å². The molecule has 0 bridgehead atoms. The first-order chi connectivity index (χ1) is 6.59. The van der Waals surface area contributed by atoms with Gasteiger partial charge in [0.2, 0.25) is 0 Å². The van der Waals surface area contributed by atoms with Crippen LogP contribution in [-0.2, 0) is 4.79 Å². The summed E-state index contributed by atoms with van der Waals surface area (Å²) in [6, 6.07) is 0. The zero-order valence-corrected chi connectivity index (χ0v) is 9.68. The lowest BCUT2D eigenvalue weighted by Crippen LogP contribution is -2.28. The fraction of sp³-hybridized carbons (Fsp3) is 0.923. The summed E-state index contributed by atoms with van der Waals surface area (Å²) in [7, 11) is 0. The molecule has 0 radical (unpaired) electrons. The fourth-order valence-corrected chi connectivity index (χ4v) is 3.97. The van der Waals surface area contributed by atoms with Crippen LogP contribution in [0.4, 0.5) is 0 Å². The van der Waals surface area contributed by atoms with Gasteiger partial charge in [-0.25, -0.2) is 0 Å². The fourth-order valence-electron chi connectivity index (χ4n) is 3.97. The first kappa shape index (κ1) is 10.2. The van der Waals surface area contributed by atoms with Crippen LogP contribution in [0.25, 0.3) is 0 Å². The van der Waals surface area contributed by atoms with E-state index in [9.17, 15) is 4.79 Å². The molecule has 80 valence electrons. The van der Waals surface area contributed by atoms with Gasteiger partial charge in [0, 0.05) is 11.8 Å². The van der Waals surface area contributed by atoms with Crippen molar-refractivity contribution in [1.29, 1.82) is 0 Å². The molecule has 2 fully saturated rings. The number of hydrogen-bond donors (Lipinski definition) is 0. The lowest BCUT2D eigenvalue weighted by Gasteiger charge is -2.35. The second-order valence-corrected chi connectivity index (χ2v) is 5.68. The zero-order chi connectivity index (χ0) is 10.3. The van der Waals surface area contributed by atoms with Crippen LogP contribution in [0.1, 0.15) is 52.9 Å². The van der Waals surface area contributed by atoms with Crippen LogP contribution in [0.5, 0.6) is 0 Å². The van der Waals surface area contributed by atoms with Gasteiger partial charge < -0.3 is 0 Å². The van der Waals surface area contributed by atoms with Gasteiger partial charge in [-0.05, 0) is 30.6 Å². The van der Waals surface area contributed by atoms with Crippen LogP contribution in [0, 0.1) is 23.2 Å². The molecule has 0 spiro atoms. The summed E-state index contributed by atoms with van der Waals surface area (Å²) in [6.07, 6.45) is 6.12. The van der Waals surface area contributed by atoms with Crippen LogP contribution < -0.4 is 0 Å². The molecule has 0 heterocycles. The molecule has 3 atom stereocenters. The molecule has 2 saturated carbocycles. The van der Waals surface area contributed by atoms with E-state index >= 15 is 0 Å². The Kier molecular flexibility index (Phi) is 2.45. The van der Waals surface area contributed by atoms with E-state index in [1.807, 2.05) is 0 Å². The van der Waals surface area contributed by atoms with Crippen molar-refractivity contribution in [3.05, 3.63) is 0 Å². The Labute approximate surface area is 87.3 Å². The van der Waals surface area contributed by atoms with Gasteiger partial charge in [-0.1, -0.05) is 33.6 Å². The first-order valence-corrected chi connectivity index (χ1v) is 6.12. The summed E-state index contributed by atoms with van der Waals surface area (Å²) in [5, 5.41) is 0. The quantitative estimate of drug-likeness (QED) is 0.625. The highest BCUT2D eigenvalue weighted by molar-refractivity contribution is 5.87. The van der Waals surface area contributed by atoms with Gasteiger partial charge in [0.25, 0.3) is 0 Å². The molecule has 0 aliphatic heterocycles. The highest BCUT2D eigenvalue weighted by Crippen LogP contribution is 2.55. The highest BCUT2D eigenvalue weighted by atomic mass is 16.1. The molecule has 0 aromatic carbocycles. The normalized spacial score (nSPS) is 41.1. The van der Waals surface area contributed by atoms with Crippen molar-refractivity contribution in [3.63, 3.8) is 0 Å². The Hall–Kier alpha value is -0.330. The molecule has 1 nitrogen and oxygen atoms in total. The van der Waals surface area contributed by atoms with E-state index in [1.54, 1.807) is 0 Å². The second-order valence-electron chi connectivity index (χ2n) is 5.68. The lowest BCUT2D eigenvalue weighted by molar-refractivity contribution is -0.125. The summed E-state index contributed by atoms with van der Waals surface area (Å²) in [6.45, 7) is 6.80. The summed E-state index contributed by atoms with van der Waals surface area (Å²) < 4.78 is 0. The van der Waals surface area contributed by atoms with Crippen LogP contribution in [0.2, 0.25) is 0 Å². The minimum Gasteiger partial charge on any atom is -0.299 e. The standard InChI is InChI=1S/C13H22O/c1-4-10-12(14)9-7-5-6-8-11(9)13(10,2)3/h9-11H,4-8H2,1-3H3. The molecule has 2 rings (SSSR count). The number of hydrogen-bond acceptors (Lipinski definition) is 1. The Bertz CT molecular complexity index is 242. The van der Waals surface area contributed by atoms with E-state index < -0.39 is 0 Å². The lowest BCUT2D eigenvalue weighted by atomic mass is 9.69. The Morgan fingerprint density at radius 2 is 1.93 bits per heavy atom. The van der Waals surface area contributed by atoms with Crippen molar-refractivity contribution in [2.75, 3.05) is 0 Å². The number of ketones is 1. The van der Waals surface area contributed by atoms with E-state index in [2.05, 4.69) is 20.8 Å². The second kappa shape index (κ2) is 3.36. The molecule has 3 unspecified atom stereocenters. The van der Waals surface area contributed by atoms with E-state index in [1.165, 1.54) is 25.7 Å². The molecule has 0 aromatic heterocycles. The first-order valence-electron chi connectivity index (χ1n) is 6.12. The predicted octanol–water partition coefficient (Wildman–Crippen LogP) is 3.43. The van der Waals surface area contributed by atoms with Gasteiger partial charge in [0.05, 0.1) is 0 Å². The smallest absolute Gasteiger partial charge is 0.139 e. The van der Waals surface area contributed by atoms with Crippen molar-refractivity contribution in [1.82, 2.24) is 0 Å². The summed E-state index contributed by atoms with van der Waals surface area (Å²) in [5.41, 5.74) is 0.275. The van der Waals surface area contributed by atoms with Crippen molar-refractivity contribution in [2.24, 2.45) is 23.2 Å². The monoisotopic (exact) mass is 194 g/mol. The average molecular weight is 194 g/mol. The van der Waals surface area contributed by atoms with E-state index in [4.69, 9.17) is 0 Å². The van der Waals surface area contributed by atoms with Crippen LogP contribution in [-0.4, -0.2) is 5.78 Å². The van der Waals surface area contributed by atoms with E-state index in [-0.39, 0.29) is 5.41 Å². The third-order valence-electron chi connectivity index (χ3n) is 4.74. The zero-order valence-electron chi connectivity index (χ0n) is 9.68. The Morgan fingerprint density at radius 1 is 1.29 bits per heavy atom. The molecule has 0 amide bonds. The van der Waals surface area contributed by atoms with Crippen LogP contribution >= 0.6 is 0 Å². The maximum Gasteiger partial charge on any atom is 0.139 e. The SMILES string of the molecule is CCC1C(=O)C2CCCCC2C1(C)C. The maximum absolute atomic E-state index is 12.2. The molecule has 0 N–H and O–H groups in total. The minimum absolute atomic E-state index is 0.275. The molecule has 1 heteroatoms. The predicted molar refractivity (Wildman–Crippen MR) is 58.0 cm³/mol. The number of Topliss-reactive ketones (excluding diaryl/α,β-unsaturated/α-hetero) is 1.